The lowest BCUT2D eigenvalue weighted by atomic mass is 10.1. The summed E-state index contributed by atoms with van der Waals surface area (Å²) in [5.41, 5.74) is 4.80. The topological polar surface area (TPSA) is 230 Å². The number of aromatic amines is 2. The van der Waals surface area contributed by atoms with Crippen LogP contribution in [0.3, 0.4) is 0 Å². The van der Waals surface area contributed by atoms with Crippen LogP contribution < -0.4 is 19.5 Å². The summed E-state index contributed by atoms with van der Waals surface area (Å²) in [6, 6.07) is 14.2. The van der Waals surface area contributed by atoms with Crippen molar-refractivity contribution in [2.45, 2.75) is 155 Å². The molecule has 0 radical (unpaired) electrons. The summed E-state index contributed by atoms with van der Waals surface area (Å²) >= 11 is 6.22. The summed E-state index contributed by atoms with van der Waals surface area (Å²) in [6.07, 6.45) is 20.6. The van der Waals surface area contributed by atoms with Crippen LogP contribution in [0.25, 0.3) is 28.4 Å². The first-order valence-electron chi connectivity index (χ1n) is 25.8. The lowest BCUT2D eigenvalue weighted by Gasteiger charge is -2.15. The molecule has 396 valence electrons. The third-order valence-electron chi connectivity index (χ3n) is 12.1. The molecule has 7 aromatic rings. The van der Waals surface area contributed by atoms with Crippen LogP contribution in [-0.2, 0) is 24.3 Å². The van der Waals surface area contributed by atoms with Crippen molar-refractivity contribution in [2.24, 2.45) is 0 Å². The van der Waals surface area contributed by atoms with Gasteiger partial charge in [-0.05, 0) is 81.6 Å². The number of esters is 1. The molecule has 7 rings (SSSR count). The zero-order valence-corrected chi connectivity index (χ0v) is 44.8. The summed E-state index contributed by atoms with van der Waals surface area (Å²) in [5.74, 6) is 1.06. The van der Waals surface area contributed by atoms with Gasteiger partial charge in [0, 0.05) is 42.5 Å². The van der Waals surface area contributed by atoms with Crippen LogP contribution in [0.4, 0.5) is 5.69 Å². The Morgan fingerprint density at radius 1 is 0.781 bits per heavy atom. The van der Waals surface area contributed by atoms with Gasteiger partial charge >= 0.3 is 5.97 Å². The number of H-pyrrole nitrogens is 2. The molecule has 21 heteroatoms. The van der Waals surface area contributed by atoms with Crippen molar-refractivity contribution in [3.63, 3.8) is 0 Å². The molecule has 2 aromatic carbocycles. The van der Waals surface area contributed by atoms with Gasteiger partial charge in [-0.2, -0.15) is 9.73 Å². The molecule has 73 heavy (non-hydrogen) atoms. The van der Waals surface area contributed by atoms with Gasteiger partial charge in [0.25, 0.3) is 5.88 Å². The van der Waals surface area contributed by atoms with Gasteiger partial charge in [-0.3, -0.25) is 19.8 Å². The molecular weight excluding hydrogens is 972 g/mol. The van der Waals surface area contributed by atoms with E-state index in [-0.39, 0.29) is 42.1 Å². The number of halogens is 1. The smallest absolute Gasteiger partial charge is 0.306 e. The molecule has 19 nitrogen and oxygen atoms in total. The monoisotopic (exact) mass is 1040 g/mol. The Labute approximate surface area is 433 Å². The lowest BCUT2D eigenvalue weighted by Crippen LogP contribution is -2.28. The van der Waals surface area contributed by atoms with Gasteiger partial charge in [-0.1, -0.05) is 115 Å². The molecule has 0 fully saturated rings. The number of benzene rings is 2. The molecule has 0 spiro atoms. The number of nitrogens with one attached hydrogen (secondary N) is 4. The molecule has 0 saturated heterocycles. The van der Waals surface area contributed by atoms with E-state index in [0.717, 1.165) is 42.5 Å². The van der Waals surface area contributed by atoms with Crippen molar-refractivity contribution < 1.29 is 32.2 Å². The van der Waals surface area contributed by atoms with Crippen LogP contribution in [-0.4, -0.2) is 96.1 Å². The molecule has 1 atom stereocenters. The highest BCUT2D eigenvalue weighted by Gasteiger charge is 2.25. The second kappa shape index (κ2) is 28.3. The number of aromatic nitrogens is 10. The molecule has 0 aliphatic heterocycles. The standard InChI is InChI=1S/C29H42ClN5O3.C23H31N7O4S/c1-3-4-5-6-7-8-9-10-11-12-13-14-21-38-26(37)20-19-25(36)31-24-17-15-23(16-18-24)28-32-29-27(30)22(2)33-35(29)34-28;1-5-7-13-34-18-10-9-16(3)14-19(18)35(31,32)25-15-17(4)21-26-22-20(29-12-8-11-24-29)23(33-6-2)28-30(22)27-21/h15-18,33H,3-14,19-21H2,1-2H3,(H,31,36);8-12,14,17,25H,5-7,13,15H2,1-4H3,(H,26,27). The van der Waals surface area contributed by atoms with E-state index < -0.39 is 10.0 Å². The number of hydrogen-bond donors (Lipinski definition) is 4. The first-order valence-corrected chi connectivity index (χ1v) is 27.7. The average molecular weight is 1050 g/mol. The highest BCUT2D eigenvalue weighted by molar-refractivity contribution is 7.89. The quantitative estimate of drug-likeness (QED) is 0.0243. The lowest BCUT2D eigenvalue weighted by molar-refractivity contribution is -0.144. The maximum absolute atomic E-state index is 13.2. The number of fused-ring (bicyclic) bond motifs is 2. The van der Waals surface area contributed by atoms with Gasteiger partial charge in [-0.25, -0.2) is 27.8 Å². The predicted octanol–water partition coefficient (Wildman–Crippen LogP) is 10.9. The molecule has 0 bridgehead atoms. The van der Waals surface area contributed by atoms with Gasteiger partial charge in [0.15, 0.2) is 17.2 Å². The Balaban J connectivity index is 0.000000239. The second-order valence-electron chi connectivity index (χ2n) is 18.2. The van der Waals surface area contributed by atoms with Crippen LogP contribution in [0.2, 0.25) is 5.02 Å². The zero-order valence-electron chi connectivity index (χ0n) is 43.2. The van der Waals surface area contributed by atoms with Gasteiger partial charge in [-0.15, -0.1) is 14.8 Å². The van der Waals surface area contributed by atoms with Gasteiger partial charge in [0.2, 0.25) is 21.6 Å². The van der Waals surface area contributed by atoms with Crippen LogP contribution in [0.15, 0.2) is 65.8 Å². The number of amides is 1. The van der Waals surface area contributed by atoms with E-state index in [1.54, 1.807) is 52.0 Å². The Bertz CT molecular complexity index is 2910. The summed E-state index contributed by atoms with van der Waals surface area (Å²) < 4.78 is 50.4. The van der Waals surface area contributed by atoms with Crippen LogP contribution >= 0.6 is 11.6 Å². The normalized spacial score (nSPS) is 12.0. The van der Waals surface area contributed by atoms with Crippen molar-refractivity contribution in [2.75, 3.05) is 31.7 Å². The van der Waals surface area contributed by atoms with E-state index >= 15 is 0 Å². The fraction of sp³-hybridized carbons (Fsp3) is 0.519. The number of rotatable bonds is 30. The number of hydrogen-bond acceptors (Lipinski definition) is 12. The van der Waals surface area contributed by atoms with E-state index in [2.05, 4.69) is 59.3 Å². The van der Waals surface area contributed by atoms with E-state index in [0.29, 0.717) is 70.8 Å². The van der Waals surface area contributed by atoms with Gasteiger partial charge in [0.05, 0.1) is 31.9 Å². The maximum Gasteiger partial charge on any atom is 0.306 e. The average Bonchev–Trinajstić information content (AvgIpc) is 4.23. The molecule has 0 saturated carbocycles. The first-order chi connectivity index (χ1) is 35.3. The number of ether oxygens (including phenoxy) is 3. The minimum atomic E-state index is -3.80. The molecular formula is C52H73ClN12O7S. The summed E-state index contributed by atoms with van der Waals surface area (Å²) in [6.45, 7) is 13.3. The number of anilines is 1. The Kier molecular flexibility index (Phi) is 21.7. The van der Waals surface area contributed by atoms with Gasteiger partial charge in [0.1, 0.15) is 21.5 Å². The van der Waals surface area contributed by atoms with E-state index in [9.17, 15) is 18.0 Å². The summed E-state index contributed by atoms with van der Waals surface area (Å²) in [5, 5.41) is 22.6. The first kappa shape index (κ1) is 56.1. The molecule has 1 unspecified atom stereocenters. The molecule has 4 N–H and O–H groups in total. The fourth-order valence-electron chi connectivity index (χ4n) is 7.92. The fourth-order valence-corrected chi connectivity index (χ4v) is 9.44. The van der Waals surface area contributed by atoms with Crippen molar-refractivity contribution in [3.05, 3.63) is 83.0 Å². The van der Waals surface area contributed by atoms with Crippen LogP contribution in [0.5, 0.6) is 11.6 Å². The molecule has 5 heterocycles. The van der Waals surface area contributed by atoms with Crippen molar-refractivity contribution in [3.8, 4) is 28.7 Å². The number of unbranched alkanes of at least 4 members (excludes halogenated alkanes) is 12. The summed E-state index contributed by atoms with van der Waals surface area (Å²) in [4.78, 5) is 33.5. The van der Waals surface area contributed by atoms with E-state index in [1.165, 1.54) is 68.8 Å². The number of sulfonamides is 1. The molecule has 0 aliphatic rings. The number of aryl methyl sites for hydroxylation is 2. The SMILES string of the molecule is CCCCCCCCCCCCCCOC(=O)CCC(=O)Nc1ccc(-c2nc3c(Cl)c(C)[nH]n3n2)cc1.CCCCOc1ccc(C)cc1S(=O)(=O)NCC(C)c1nc2c(-n3cccn3)c(OCC)nn2[nH]1. The van der Waals surface area contributed by atoms with Crippen molar-refractivity contribution in [1.82, 2.24) is 54.1 Å². The minimum Gasteiger partial charge on any atom is -0.492 e. The molecule has 1 amide bonds. The van der Waals surface area contributed by atoms with E-state index in [4.69, 9.17) is 25.8 Å². The highest BCUT2D eigenvalue weighted by Crippen LogP contribution is 2.29. The second-order valence-corrected chi connectivity index (χ2v) is 20.4. The van der Waals surface area contributed by atoms with Gasteiger partial charge < -0.3 is 19.5 Å². The number of carbonyl (C=O) groups is 2. The summed E-state index contributed by atoms with van der Waals surface area (Å²) in [7, 11) is -3.80. The number of carbonyl (C=O) groups excluding carboxylic acids is 2. The Morgan fingerprint density at radius 2 is 1.47 bits per heavy atom. The minimum absolute atomic E-state index is 0.0764. The maximum atomic E-state index is 13.2. The van der Waals surface area contributed by atoms with Crippen molar-refractivity contribution >= 4 is 50.5 Å². The van der Waals surface area contributed by atoms with Crippen LogP contribution in [0.1, 0.15) is 153 Å². The number of nitrogens with zero attached hydrogens (tertiary/aromatic N) is 8. The Hall–Kier alpha value is -6.25. The molecule has 5 aromatic heterocycles. The highest BCUT2D eigenvalue weighted by atomic mass is 35.5. The van der Waals surface area contributed by atoms with E-state index in [1.807, 2.05) is 45.9 Å². The Morgan fingerprint density at radius 3 is 2.12 bits per heavy atom. The molecule has 0 aliphatic carbocycles. The van der Waals surface area contributed by atoms with Crippen molar-refractivity contribution in [1.29, 1.82) is 0 Å². The van der Waals surface area contributed by atoms with Crippen LogP contribution in [0, 0.1) is 13.8 Å². The third kappa shape index (κ3) is 16.4. The zero-order chi connectivity index (χ0) is 52.2. The largest absolute Gasteiger partial charge is 0.492 e. The predicted molar refractivity (Wildman–Crippen MR) is 283 cm³/mol. The third-order valence-corrected chi connectivity index (χ3v) is 14.0.